The van der Waals surface area contributed by atoms with Crippen molar-refractivity contribution in [2.24, 2.45) is 5.92 Å². The monoisotopic (exact) mass is 230 g/mol. The van der Waals surface area contributed by atoms with Crippen LogP contribution in [0.1, 0.15) is 27.7 Å². The van der Waals surface area contributed by atoms with E-state index in [1.807, 2.05) is 13.8 Å². The molecule has 1 aliphatic rings. The zero-order valence-corrected chi connectivity index (χ0v) is 10.1. The van der Waals surface area contributed by atoms with Crippen LogP contribution in [0.4, 0.5) is 0 Å². The molecule has 1 aliphatic heterocycles. The van der Waals surface area contributed by atoms with Gasteiger partial charge in [0, 0.05) is 0 Å². The first-order valence-electron chi connectivity index (χ1n) is 5.52. The number of hydrogen-bond acceptors (Lipinski definition) is 5. The first kappa shape index (κ1) is 13.0. The zero-order valence-electron chi connectivity index (χ0n) is 10.1. The van der Waals surface area contributed by atoms with Gasteiger partial charge in [0.1, 0.15) is 6.10 Å². The minimum absolute atomic E-state index is 0.0637. The molecule has 92 valence electrons. The summed E-state index contributed by atoms with van der Waals surface area (Å²) in [6.07, 6.45) is -0.439. The lowest BCUT2D eigenvalue weighted by atomic mass is 9.97. The third-order valence-corrected chi connectivity index (χ3v) is 2.42. The Balaban J connectivity index is 2.81. The predicted molar refractivity (Wildman–Crippen MR) is 55.7 cm³/mol. The Kier molecular flexibility index (Phi) is 3.91. The van der Waals surface area contributed by atoms with Crippen molar-refractivity contribution in [3.05, 3.63) is 0 Å². The maximum absolute atomic E-state index is 11.7. The summed E-state index contributed by atoms with van der Waals surface area (Å²) in [7, 11) is 0. The van der Waals surface area contributed by atoms with Crippen LogP contribution >= 0.6 is 0 Å². The predicted octanol–water partition coefficient (Wildman–Crippen LogP) is 0.906. The summed E-state index contributed by atoms with van der Waals surface area (Å²) in [5, 5.41) is 0. The molecule has 0 aromatic heterocycles. The van der Waals surface area contributed by atoms with Gasteiger partial charge >= 0.3 is 11.9 Å². The van der Waals surface area contributed by atoms with Crippen LogP contribution in [0.25, 0.3) is 0 Å². The second-order valence-corrected chi connectivity index (χ2v) is 3.96. The van der Waals surface area contributed by atoms with Crippen molar-refractivity contribution in [3.63, 3.8) is 0 Å². The molecule has 1 rings (SSSR count). The molecule has 0 aromatic rings. The fourth-order valence-electron chi connectivity index (χ4n) is 1.66. The van der Waals surface area contributed by atoms with E-state index in [4.69, 9.17) is 14.2 Å². The van der Waals surface area contributed by atoms with E-state index < -0.39 is 23.6 Å². The average Bonchev–Trinajstić information content (AvgIpc) is 2.94. The lowest BCUT2D eigenvalue weighted by Gasteiger charge is -2.11. The normalized spacial score (nSPS) is 21.7. The highest BCUT2D eigenvalue weighted by molar-refractivity contribution is 6.07. The molecule has 0 aromatic carbocycles. The molecule has 0 bridgehead atoms. The van der Waals surface area contributed by atoms with E-state index in [-0.39, 0.29) is 19.1 Å². The van der Waals surface area contributed by atoms with Crippen LogP contribution in [0.2, 0.25) is 0 Å². The Morgan fingerprint density at radius 2 is 1.62 bits per heavy atom. The van der Waals surface area contributed by atoms with Gasteiger partial charge in [-0.1, -0.05) is 13.8 Å². The molecule has 0 spiro atoms. The number of hydrogen-bond donors (Lipinski definition) is 0. The summed E-state index contributed by atoms with van der Waals surface area (Å²) in [6.45, 7) is 7.56. The Hall–Kier alpha value is -1.10. The van der Waals surface area contributed by atoms with Crippen molar-refractivity contribution in [1.29, 1.82) is 0 Å². The summed E-state index contributed by atoms with van der Waals surface area (Å²) in [5.74, 6) is -1.23. The number of carbonyl (C=O) groups is 2. The lowest BCUT2D eigenvalue weighted by molar-refractivity contribution is -0.163. The van der Waals surface area contributed by atoms with Crippen LogP contribution in [0.5, 0.6) is 0 Å². The minimum Gasteiger partial charge on any atom is -0.463 e. The molecule has 5 nitrogen and oxygen atoms in total. The van der Waals surface area contributed by atoms with Gasteiger partial charge in [0.15, 0.2) is 0 Å². The van der Waals surface area contributed by atoms with Gasteiger partial charge in [0.2, 0.25) is 0 Å². The smallest absolute Gasteiger partial charge is 0.353 e. The number of esters is 2. The molecule has 1 heterocycles. The minimum atomic E-state index is -1.51. The van der Waals surface area contributed by atoms with Crippen molar-refractivity contribution < 1.29 is 23.8 Å². The van der Waals surface area contributed by atoms with Crippen LogP contribution in [-0.4, -0.2) is 36.9 Å². The van der Waals surface area contributed by atoms with Crippen LogP contribution in [0.3, 0.4) is 0 Å². The summed E-state index contributed by atoms with van der Waals surface area (Å²) in [6, 6.07) is 0. The fourth-order valence-corrected chi connectivity index (χ4v) is 1.66. The molecule has 0 N–H and O–H groups in total. The molecule has 1 atom stereocenters. The van der Waals surface area contributed by atoms with Crippen LogP contribution in [-0.2, 0) is 23.8 Å². The van der Waals surface area contributed by atoms with E-state index in [0.29, 0.717) is 0 Å². The molecule has 0 radical (unpaired) electrons. The maximum atomic E-state index is 11.7. The quantitative estimate of drug-likeness (QED) is 0.399. The van der Waals surface area contributed by atoms with Crippen molar-refractivity contribution in [3.8, 4) is 0 Å². The van der Waals surface area contributed by atoms with Crippen molar-refractivity contribution >= 4 is 11.9 Å². The van der Waals surface area contributed by atoms with E-state index in [1.165, 1.54) is 0 Å². The molecule has 5 heteroatoms. The molecule has 1 fully saturated rings. The van der Waals surface area contributed by atoms with Gasteiger partial charge in [-0.05, 0) is 19.8 Å². The highest BCUT2D eigenvalue weighted by atomic mass is 16.7. The Morgan fingerprint density at radius 3 is 1.88 bits per heavy atom. The van der Waals surface area contributed by atoms with Gasteiger partial charge in [0.25, 0.3) is 5.60 Å². The number of ether oxygens (including phenoxy) is 3. The van der Waals surface area contributed by atoms with Gasteiger partial charge in [-0.2, -0.15) is 0 Å². The molecule has 0 aliphatic carbocycles. The van der Waals surface area contributed by atoms with E-state index in [0.717, 1.165) is 0 Å². The fraction of sp³-hybridized carbons (Fsp3) is 0.818. The van der Waals surface area contributed by atoms with Crippen LogP contribution < -0.4 is 0 Å². The second kappa shape index (κ2) is 4.82. The second-order valence-electron chi connectivity index (χ2n) is 3.96. The number of rotatable bonds is 5. The summed E-state index contributed by atoms with van der Waals surface area (Å²) in [5.41, 5.74) is -1.51. The molecular weight excluding hydrogens is 212 g/mol. The Morgan fingerprint density at radius 1 is 1.19 bits per heavy atom. The van der Waals surface area contributed by atoms with Crippen LogP contribution in [0, 0.1) is 5.92 Å². The molecule has 0 saturated carbocycles. The average molecular weight is 230 g/mol. The van der Waals surface area contributed by atoms with E-state index in [1.54, 1.807) is 13.8 Å². The summed E-state index contributed by atoms with van der Waals surface area (Å²) in [4.78, 5) is 23.4. The lowest BCUT2D eigenvalue weighted by Crippen LogP contribution is -2.40. The van der Waals surface area contributed by atoms with Gasteiger partial charge in [-0.15, -0.1) is 0 Å². The molecule has 1 unspecified atom stereocenters. The highest BCUT2D eigenvalue weighted by Gasteiger charge is 2.72. The molecule has 0 amide bonds. The SMILES string of the molecule is CCOC(=O)C1(C(=O)OCC)OC1C(C)C. The third kappa shape index (κ3) is 2.04. The first-order valence-corrected chi connectivity index (χ1v) is 5.52. The summed E-state index contributed by atoms with van der Waals surface area (Å²) >= 11 is 0. The van der Waals surface area contributed by atoms with E-state index in [9.17, 15) is 9.59 Å². The van der Waals surface area contributed by atoms with Gasteiger partial charge in [0.05, 0.1) is 13.2 Å². The van der Waals surface area contributed by atoms with E-state index >= 15 is 0 Å². The van der Waals surface area contributed by atoms with Crippen molar-refractivity contribution in [2.45, 2.75) is 39.4 Å². The number of epoxide rings is 1. The first-order chi connectivity index (χ1) is 7.50. The Labute approximate surface area is 95.0 Å². The molecule has 16 heavy (non-hydrogen) atoms. The largest absolute Gasteiger partial charge is 0.463 e. The molecular formula is C11H18O5. The molecule has 1 saturated heterocycles. The van der Waals surface area contributed by atoms with Gasteiger partial charge in [-0.25, -0.2) is 9.59 Å². The van der Waals surface area contributed by atoms with Gasteiger partial charge < -0.3 is 14.2 Å². The zero-order chi connectivity index (χ0) is 12.3. The van der Waals surface area contributed by atoms with Crippen LogP contribution in [0.15, 0.2) is 0 Å². The van der Waals surface area contributed by atoms with Crippen molar-refractivity contribution in [2.75, 3.05) is 13.2 Å². The van der Waals surface area contributed by atoms with Crippen molar-refractivity contribution in [1.82, 2.24) is 0 Å². The number of carbonyl (C=O) groups excluding carboxylic acids is 2. The Bertz CT molecular complexity index is 266. The standard InChI is InChI=1S/C11H18O5/c1-5-14-9(12)11(10(13)15-6-2)8(16-11)7(3)4/h7-8H,5-6H2,1-4H3. The highest BCUT2D eigenvalue weighted by Crippen LogP contribution is 2.43. The van der Waals surface area contributed by atoms with E-state index in [2.05, 4.69) is 0 Å². The third-order valence-electron chi connectivity index (χ3n) is 2.42. The summed E-state index contributed by atoms with van der Waals surface area (Å²) < 4.78 is 15.0. The van der Waals surface area contributed by atoms with Gasteiger partial charge in [-0.3, -0.25) is 0 Å². The maximum Gasteiger partial charge on any atom is 0.353 e. The topological polar surface area (TPSA) is 65.1 Å².